The molecule has 0 N–H and O–H groups in total. The lowest BCUT2D eigenvalue weighted by atomic mass is 10.1. The Kier molecular flexibility index (Phi) is 4.42. The van der Waals surface area contributed by atoms with Crippen LogP contribution in [0.15, 0.2) is 119 Å². The average Bonchev–Trinajstić information content (AvgIpc) is 3.56. The highest BCUT2D eigenvalue weighted by molar-refractivity contribution is 6.09. The quantitative estimate of drug-likeness (QED) is 0.249. The van der Waals surface area contributed by atoms with Crippen molar-refractivity contribution >= 4 is 44.0 Å². The van der Waals surface area contributed by atoms with Gasteiger partial charge < -0.3 is 8.83 Å². The standard InChI is InChI=1S/C32H18N4O2/c1-3-7-27-22(5-1)23-14-16-33-29(32(23)37-27)20-10-12-26(36-18-20)25-11-9-19(17-35-25)21-13-15-34-30-24-6-2-4-8-28(24)38-31(21)30/h1-18H. The second kappa shape index (κ2) is 8.08. The summed E-state index contributed by atoms with van der Waals surface area (Å²) in [6, 6.07) is 27.9. The van der Waals surface area contributed by atoms with Gasteiger partial charge in [0.05, 0.1) is 11.4 Å². The molecule has 6 aromatic heterocycles. The van der Waals surface area contributed by atoms with Crippen molar-refractivity contribution < 1.29 is 8.83 Å². The molecule has 0 radical (unpaired) electrons. The molecule has 0 bridgehead atoms. The van der Waals surface area contributed by atoms with Gasteiger partial charge in [-0.25, -0.2) is 0 Å². The molecule has 0 aliphatic rings. The number of furan rings is 2. The van der Waals surface area contributed by atoms with Gasteiger partial charge in [-0.3, -0.25) is 19.9 Å². The molecule has 38 heavy (non-hydrogen) atoms. The van der Waals surface area contributed by atoms with Crippen molar-refractivity contribution in [3.8, 4) is 33.8 Å². The number of fused-ring (bicyclic) bond motifs is 6. The molecule has 178 valence electrons. The minimum atomic E-state index is 0.762. The first kappa shape index (κ1) is 20.8. The first-order chi connectivity index (χ1) is 18.8. The van der Waals surface area contributed by atoms with Crippen molar-refractivity contribution in [2.45, 2.75) is 0 Å². The summed E-state index contributed by atoms with van der Waals surface area (Å²) in [7, 11) is 0. The number of hydrogen-bond donors (Lipinski definition) is 0. The van der Waals surface area contributed by atoms with Gasteiger partial charge in [-0.1, -0.05) is 36.4 Å². The molecule has 0 atom stereocenters. The molecule has 0 aliphatic heterocycles. The van der Waals surface area contributed by atoms with Crippen LogP contribution in [0.3, 0.4) is 0 Å². The van der Waals surface area contributed by atoms with E-state index in [9.17, 15) is 0 Å². The molecule has 6 nitrogen and oxygen atoms in total. The summed E-state index contributed by atoms with van der Waals surface area (Å²) in [5.74, 6) is 0. The number of benzene rings is 2. The second-order valence-corrected chi connectivity index (χ2v) is 9.13. The molecule has 0 fully saturated rings. The number of pyridine rings is 4. The van der Waals surface area contributed by atoms with Gasteiger partial charge in [-0.05, 0) is 48.5 Å². The highest BCUT2D eigenvalue weighted by atomic mass is 16.3. The number of hydrogen-bond acceptors (Lipinski definition) is 6. The Morgan fingerprint density at radius 3 is 1.89 bits per heavy atom. The van der Waals surface area contributed by atoms with E-state index in [1.54, 1.807) is 0 Å². The van der Waals surface area contributed by atoms with Gasteiger partial charge in [0, 0.05) is 57.6 Å². The van der Waals surface area contributed by atoms with Crippen LogP contribution < -0.4 is 0 Å². The van der Waals surface area contributed by atoms with Gasteiger partial charge in [0.15, 0.2) is 11.2 Å². The van der Waals surface area contributed by atoms with Crippen LogP contribution in [-0.2, 0) is 0 Å². The van der Waals surface area contributed by atoms with Crippen LogP contribution in [0, 0.1) is 0 Å². The second-order valence-electron chi connectivity index (χ2n) is 9.13. The maximum absolute atomic E-state index is 6.14. The average molecular weight is 491 g/mol. The van der Waals surface area contributed by atoms with E-state index < -0.39 is 0 Å². The number of rotatable bonds is 3. The molecule has 0 saturated carbocycles. The SMILES string of the molecule is c1ccc2c(c1)oc1c(-c3ccc(-c4ccc(-c5ccnc6c5oc5ccccc56)cn4)nc3)nccc12. The molecule has 2 aromatic carbocycles. The maximum Gasteiger partial charge on any atom is 0.161 e. The Morgan fingerprint density at radius 2 is 1.13 bits per heavy atom. The molecule has 0 amide bonds. The number of para-hydroxylation sites is 2. The smallest absolute Gasteiger partial charge is 0.161 e. The van der Waals surface area contributed by atoms with E-state index in [-0.39, 0.29) is 0 Å². The van der Waals surface area contributed by atoms with Gasteiger partial charge in [0.25, 0.3) is 0 Å². The van der Waals surface area contributed by atoms with Crippen molar-refractivity contribution in [1.82, 2.24) is 19.9 Å². The predicted molar refractivity (Wildman–Crippen MR) is 148 cm³/mol. The fraction of sp³-hybridized carbons (Fsp3) is 0. The zero-order valence-corrected chi connectivity index (χ0v) is 20.0. The van der Waals surface area contributed by atoms with Crippen molar-refractivity contribution in [3.63, 3.8) is 0 Å². The van der Waals surface area contributed by atoms with E-state index in [1.165, 1.54) is 0 Å². The first-order valence-corrected chi connectivity index (χ1v) is 12.3. The van der Waals surface area contributed by atoms with E-state index in [4.69, 9.17) is 18.8 Å². The van der Waals surface area contributed by atoms with Crippen LogP contribution in [0.25, 0.3) is 77.8 Å². The first-order valence-electron chi connectivity index (χ1n) is 12.3. The zero-order chi connectivity index (χ0) is 25.1. The van der Waals surface area contributed by atoms with E-state index in [0.29, 0.717) is 0 Å². The number of aromatic nitrogens is 4. The van der Waals surface area contributed by atoms with Gasteiger partial charge in [0.2, 0.25) is 0 Å². The highest BCUT2D eigenvalue weighted by Gasteiger charge is 2.15. The fourth-order valence-electron chi connectivity index (χ4n) is 5.08. The largest absolute Gasteiger partial charge is 0.454 e. The van der Waals surface area contributed by atoms with Crippen molar-refractivity contribution in [2.24, 2.45) is 0 Å². The van der Waals surface area contributed by atoms with Crippen LogP contribution >= 0.6 is 0 Å². The molecule has 0 spiro atoms. The topological polar surface area (TPSA) is 77.8 Å². The Labute approximate surface area is 216 Å². The van der Waals surface area contributed by atoms with Crippen LogP contribution in [0.4, 0.5) is 0 Å². The summed E-state index contributed by atoms with van der Waals surface area (Å²) in [4.78, 5) is 18.5. The minimum absolute atomic E-state index is 0.762. The summed E-state index contributed by atoms with van der Waals surface area (Å²) in [5, 5.41) is 3.13. The third-order valence-electron chi connectivity index (χ3n) is 6.93. The summed E-state index contributed by atoms with van der Waals surface area (Å²) < 4.78 is 12.3. The van der Waals surface area contributed by atoms with Gasteiger partial charge in [-0.2, -0.15) is 0 Å². The lowest BCUT2D eigenvalue weighted by Crippen LogP contribution is -1.90. The van der Waals surface area contributed by atoms with Crippen LogP contribution in [0.1, 0.15) is 0 Å². The van der Waals surface area contributed by atoms with E-state index in [1.807, 2.05) is 104 Å². The minimum Gasteiger partial charge on any atom is -0.454 e. The molecular formula is C32H18N4O2. The Hall–Kier alpha value is -5.36. The van der Waals surface area contributed by atoms with Crippen LogP contribution in [0.5, 0.6) is 0 Å². The normalized spacial score (nSPS) is 11.7. The molecule has 8 aromatic rings. The maximum atomic E-state index is 6.14. The Morgan fingerprint density at radius 1 is 0.474 bits per heavy atom. The zero-order valence-electron chi connectivity index (χ0n) is 20.0. The number of nitrogens with zero attached hydrogens (tertiary/aromatic N) is 4. The third-order valence-corrected chi connectivity index (χ3v) is 6.93. The predicted octanol–water partition coefficient (Wildman–Crippen LogP) is 8.07. The fourth-order valence-corrected chi connectivity index (χ4v) is 5.08. The van der Waals surface area contributed by atoms with E-state index in [2.05, 4.69) is 16.0 Å². The molecule has 0 saturated heterocycles. The van der Waals surface area contributed by atoms with Crippen LogP contribution in [0.2, 0.25) is 0 Å². The Bertz CT molecular complexity index is 1970. The highest BCUT2D eigenvalue weighted by Crippen LogP contribution is 2.36. The monoisotopic (exact) mass is 490 g/mol. The summed E-state index contributed by atoms with van der Waals surface area (Å²) in [6.07, 6.45) is 7.29. The van der Waals surface area contributed by atoms with E-state index >= 15 is 0 Å². The van der Waals surface area contributed by atoms with Crippen LogP contribution in [-0.4, -0.2) is 19.9 Å². The van der Waals surface area contributed by atoms with Gasteiger partial charge >= 0.3 is 0 Å². The lowest BCUT2D eigenvalue weighted by Gasteiger charge is -2.06. The molecule has 0 aliphatic carbocycles. The summed E-state index contributed by atoms with van der Waals surface area (Å²) in [6.45, 7) is 0. The van der Waals surface area contributed by atoms with Crippen molar-refractivity contribution in [3.05, 3.63) is 110 Å². The molecule has 8 rings (SSSR count). The Balaban J connectivity index is 1.14. The third kappa shape index (κ3) is 3.14. The van der Waals surface area contributed by atoms with Crippen molar-refractivity contribution in [2.75, 3.05) is 0 Å². The molecule has 6 heteroatoms. The molecule has 0 unspecified atom stereocenters. The van der Waals surface area contributed by atoms with Gasteiger partial charge in [0.1, 0.15) is 22.4 Å². The van der Waals surface area contributed by atoms with Gasteiger partial charge in [-0.15, -0.1) is 0 Å². The van der Waals surface area contributed by atoms with Crippen molar-refractivity contribution in [1.29, 1.82) is 0 Å². The lowest BCUT2D eigenvalue weighted by molar-refractivity contribution is 0.668. The molecular weight excluding hydrogens is 472 g/mol. The van der Waals surface area contributed by atoms with E-state index in [0.717, 1.165) is 77.8 Å². The summed E-state index contributed by atoms with van der Waals surface area (Å²) in [5.41, 5.74) is 9.18. The molecule has 6 heterocycles. The summed E-state index contributed by atoms with van der Waals surface area (Å²) >= 11 is 0.